The molecule has 0 fully saturated rings. The summed E-state index contributed by atoms with van der Waals surface area (Å²) in [7, 11) is 0. The van der Waals surface area contributed by atoms with Crippen LogP contribution in [0.4, 0.5) is 0 Å². The van der Waals surface area contributed by atoms with Crippen LogP contribution in [-0.4, -0.2) is 0 Å². The van der Waals surface area contributed by atoms with Crippen LogP contribution in [0.2, 0.25) is 0 Å². The smallest absolute Gasteiger partial charge is 0.0101 e. The van der Waals surface area contributed by atoms with Crippen LogP contribution in [0.1, 0.15) is 44.2 Å². The molecular formula is C15H22. The summed E-state index contributed by atoms with van der Waals surface area (Å²) in [6.45, 7) is 10.6. The molecule has 0 amide bonds. The first-order valence-electron chi connectivity index (χ1n) is 5.83. The standard InChI is InChI=1S/C15H22/c1-5-7-12-15(4,6-2)14-10-8-13(3)9-11-14/h6,8-11H,2,5,7,12H2,1,3-4H3/t15-/m0/s1. The molecule has 0 aliphatic heterocycles. The van der Waals surface area contributed by atoms with Gasteiger partial charge in [0.15, 0.2) is 0 Å². The van der Waals surface area contributed by atoms with E-state index in [0.29, 0.717) is 0 Å². The predicted molar refractivity (Wildman–Crippen MR) is 68.3 cm³/mol. The van der Waals surface area contributed by atoms with Gasteiger partial charge in [0, 0.05) is 5.41 Å². The second-order valence-electron chi connectivity index (χ2n) is 4.59. The molecule has 0 N–H and O–H groups in total. The van der Waals surface area contributed by atoms with E-state index in [0.717, 1.165) is 0 Å². The molecule has 0 aliphatic carbocycles. The molecule has 0 unspecified atom stereocenters. The van der Waals surface area contributed by atoms with Gasteiger partial charge in [0.05, 0.1) is 0 Å². The Labute approximate surface area is 94.0 Å². The maximum absolute atomic E-state index is 3.98. The van der Waals surface area contributed by atoms with Crippen molar-refractivity contribution in [1.29, 1.82) is 0 Å². The minimum atomic E-state index is 0.143. The number of hydrogen-bond donors (Lipinski definition) is 0. The van der Waals surface area contributed by atoms with Crippen LogP contribution in [0.5, 0.6) is 0 Å². The van der Waals surface area contributed by atoms with E-state index in [9.17, 15) is 0 Å². The SMILES string of the molecule is C=C[C@@](C)(CCCC)c1ccc(C)cc1. The predicted octanol–water partition coefficient (Wildman–Crippen LogP) is 4.63. The summed E-state index contributed by atoms with van der Waals surface area (Å²) < 4.78 is 0. The van der Waals surface area contributed by atoms with Gasteiger partial charge >= 0.3 is 0 Å². The third kappa shape index (κ3) is 2.95. The molecule has 0 bridgehead atoms. The maximum atomic E-state index is 3.98. The minimum absolute atomic E-state index is 0.143. The summed E-state index contributed by atoms with van der Waals surface area (Å²) >= 11 is 0. The van der Waals surface area contributed by atoms with Gasteiger partial charge in [-0.1, -0.05) is 62.6 Å². The van der Waals surface area contributed by atoms with E-state index in [1.807, 2.05) is 0 Å². The van der Waals surface area contributed by atoms with Gasteiger partial charge in [0.25, 0.3) is 0 Å². The summed E-state index contributed by atoms with van der Waals surface area (Å²) in [6, 6.07) is 8.82. The molecule has 0 saturated carbocycles. The summed E-state index contributed by atoms with van der Waals surface area (Å²) in [4.78, 5) is 0. The second-order valence-corrected chi connectivity index (χ2v) is 4.59. The van der Waals surface area contributed by atoms with Gasteiger partial charge in [-0.2, -0.15) is 0 Å². The van der Waals surface area contributed by atoms with Crippen molar-refractivity contribution in [1.82, 2.24) is 0 Å². The Morgan fingerprint density at radius 1 is 1.27 bits per heavy atom. The van der Waals surface area contributed by atoms with Crippen molar-refractivity contribution in [3.63, 3.8) is 0 Å². The zero-order valence-electron chi connectivity index (χ0n) is 10.2. The Hall–Kier alpha value is -1.04. The van der Waals surface area contributed by atoms with Crippen molar-refractivity contribution >= 4 is 0 Å². The summed E-state index contributed by atoms with van der Waals surface area (Å²) in [5.74, 6) is 0. The number of rotatable bonds is 5. The van der Waals surface area contributed by atoms with Crippen molar-refractivity contribution in [3.8, 4) is 0 Å². The molecule has 1 atom stereocenters. The van der Waals surface area contributed by atoms with Gasteiger partial charge in [0.1, 0.15) is 0 Å². The highest BCUT2D eigenvalue weighted by molar-refractivity contribution is 5.31. The lowest BCUT2D eigenvalue weighted by atomic mass is 9.78. The van der Waals surface area contributed by atoms with E-state index in [4.69, 9.17) is 0 Å². The minimum Gasteiger partial charge on any atom is -0.102 e. The van der Waals surface area contributed by atoms with E-state index in [1.165, 1.54) is 30.4 Å². The number of unbranched alkanes of at least 4 members (excludes halogenated alkanes) is 1. The molecule has 82 valence electrons. The monoisotopic (exact) mass is 202 g/mol. The van der Waals surface area contributed by atoms with E-state index >= 15 is 0 Å². The summed E-state index contributed by atoms with van der Waals surface area (Å²) in [5.41, 5.74) is 2.85. The van der Waals surface area contributed by atoms with Crippen molar-refractivity contribution in [2.45, 2.75) is 45.4 Å². The fourth-order valence-corrected chi connectivity index (χ4v) is 1.84. The highest BCUT2D eigenvalue weighted by Gasteiger charge is 2.21. The van der Waals surface area contributed by atoms with E-state index in [1.54, 1.807) is 0 Å². The Morgan fingerprint density at radius 3 is 2.33 bits per heavy atom. The third-order valence-electron chi connectivity index (χ3n) is 3.21. The van der Waals surface area contributed by atoms with Gasteiger partial charge in [-0.05, 0) is 18.9 Å². The third-order valence-corrected chi connectivity index (χ3v) is 3.21. The van der Waals surface area contributed by atoms with E-state index in [-0.39, 0.29) is 5.41 Å². The molecule has 0 spiro atoms. The normalized spacial score (nSPS) is 14.6. The number of hydrogen-bond acceptors (Lipinski definition) is 0. The second kappa shape index (κ2) is 5.16. The number of aryl methyl sites for hydroxylation is 1. The van der Waals surface area contributed by atoms with Gasteiger partial charge in [-0.25, -0.2) is 0 Å². The maximum Gasteiger partial charge on any atom is 0.0101 e. The Kier molecular flexibility index (Phi) is 4.14. The van der Waals surface area contributed by atoms with Gasteiger partial charge in [-0.3, -0.25) is 0 Å². The first-order chi connectivity index (χ1) is 7.12. The summed E-state index contributed by atoms with van der Waals surface area (Å²) in [6.07, 6.45) is 5.79. The average molecular weight is 202 g/mol. The van der Waals surface area contributed by atoms with Crippen LogP contribution in [0.25, 0.3) is 0 Å². The average Bonchev–Trinajstić information content (AvgIpc) is 2.27. The first-order valence-corrected chi connectivity index (χ1v) is 5.83. The molecule has 0 aromatic heterocycles. The van der Waals surface area contributed by atoms with Crippen LogP contribution in [0, 0.1) is 6.92 Å². The lowest BCUT2D eigenvalue weighted by molar-refractivity contribution is 0.511. The van der Waals surface area contributed by atoms with Gasteiger partial charge in [-0.15, -0.1) is 6.58 Å². The van der Waals surface area contributed by atoms with Crippen LogP contribution in [0.3, 0.4) is 0 Å². The topological polar surface area (TPSA) is 0 Å². The van der Waals surface area contributed by atoms with Crippen molar-refractivity contribution in [2.75, 3.05) is 0 Å². The van der Waals surface area contributed by atoms with Crippen LogP contribution in [-0.2, 0) is 5.41 Å². The molecule has 0 radical (unpaired) electrons. The van der Waals surface area contributed by atoms with Crippen molar-refractivity contribution < 1.29 is 0 Å². The Morgan fingerprint density at radius 2 is 1.87 bits per heavy atom. The Bertz CT molecular complexity index is 307. The van der Waals surface area contributed by atoms with Crippen molar-refractivity contribution in [2.24, 2.45) is 0 Å². The molecule has 0 aliphatic rings. The van der Waals surface area contributed by atoms with Crippen LogP contribution in [0.15, 0.2) is 36.9 Å². The molecular weight excluding hydrogens is 180 g/mol. The highest BCUT2D eigenvalue weighted by atomic mass is 14.2. The number of allylic oxidation sites excluding steroid dienone is 1. The fourth-order valence-electron chi connectivity index (χ4n) is 1.84. The highest BCUT2D eigenvalue weighted by Crippen LogP contribution is 2.30. The zero-order chi connectivity index (χ0) is 11.3. The first kappa shape index (κ1) is 12.0. The molecule has 1 aromatic rings. The number of benzene rings is 1. The lowest BCUT2D eigenvalue weighted by Gasteiger charge is -2.26. The van der Waals surface area contributed by atoms with E-state index < -0.39 is 0 Å². The van der Waals surface area contributed by atoms with Crippen LogP contribution < -0.4 is 0 Å². The van der Waals surface area contributed by atoms with Crippen LogP contribution >= 0.6 is 0 Å². The summed E-state index contributed by atoms with van der Waals surface area (Å²) in [5, 5.41) is 0. The lowest BCUT2D eigenvalue weighted by Crippen LogP contribution is -2.18. The largest absolute Gasteiger partial charge is 0.102 e. The quantitative estimate of drug-likeness (QED) is 0.611. The zero-order valence-corrected chi connectivity index (χ0v) is 10.2. The Balaban J connectivity index is 2.89. The molecule has 15 heavy (non-hydrogen) atoms. The van der Waals surface area contributed by atoms with Gasteiger partial charge in [0.2, 0.25) is 0 Å². The van der Waals surface area contributed by atoms with Crippen molar-refractivity contribution in [3.05, 3.63) is 48.0 Å². The molecule has 1 aromatic carbocycles. The molecule has 0 heterocycles. The van der Waals surface area contributed by atoms with Gasteiger partial charge < -0.3 is 0 Å². The molecule has 1 rings (SSSR count). The fraction of sp³-hybridized carbons (Fsp3) is 0.467. The molecule has 0 saturated heterocycles. The van der Waals surface area contributed by atoms with E-state index in [2.05, 4.69) is 57.7 Å². The molecule has 0 nitrogen and oxygen atoms in total. The molecule has 0 heteroatoms.